The van der Waals surface area contributed by atoms with Gasteiger partial charge in [0.05, 0.1) is 4.90 Å². The number of amidine groups is 1. The quantitative estimate of drug-likeness (QED) is 0.719. The van der Waals surface area contributed by atoms with Crippen LogP contribution in [0.3, 0.4) is 0 Å². The molecular weight excluding hydrogens is 394 g/mol. The molecule has 0 fully saturated rings. The number of hydrogen-bond donors (Lipinski definition) is 2. The summed E-state index contributed by atoms with van der Waals surface area (Å²) >= 11 is 0. The second-order valence-corrected chi connectivity index (χ2v) is 8.46. The van der Waals surface area contributed by atoms with E-state index in [-0.39, 0.29) is 10.7 Å². The topological polar surface area (TPSA) is 114 Å². The Balaban J connectivity index is 1.30. The summed E-state index contributed by atoms with van der Waals surface area (Å²) in [6.07, 6.45) is 3.18. The highest BCUT2D eigenvalue weighted by atomic mass is 32.2. The number of benzene rings is 2. The van der Waals surface area contributed by atoms with Crippen molar-refractivity contribution in [2.75, 3.05) is 18.5 Å². The van der Waals surface area contributed by atoms with Crippen LogP contribution in [0.4, 0.5) is 5.69 Å². The predicted octanol–water partition coefficient (Wildman–Crippen LogP) is 1.40. The van der Waals surface area contributed by atoms with E-state index in [1.54, 1.807) is 18.2 Å². The Hall–Kier alpha value is -3.20. The molecule has 0 bridgehead atoms. The van der Waals surface area contributed by atoms with Gasteiger partial charge in [0.1, 0.15) is 12.4 Å². The molecule has 1 amide bonds. The average Bonchev–Trinajstić information content (AvgIpc) is 3.27. The van der Waals surface area contributed by atoms with Crippen molar-refractivity contribution in [3.63, 3.8) is 0 Å². The van der Waals surface area contributed by atoms with Gasteiger partial charge < -0.3 is 10.1 Å². The van der Waals surface area contributed by atoms with Crippen molar-refractivity contribution in [1.29, 1.82) is 0 Å². The van der Waals surface area contributed by atoms with E-state index in [1.165, 1.54) is 17.2 Å². The standard InChI is InChI=1S/C20H19N3O5S/c24-18(22-15-9-8-13-4-3-5-14(13)10-15)12-28-19(25)11-21-20-16-6-1-2-7-17(16)29(26,27)23-20/h1-2,6-10H,3-5,11-12H2,(H,21,23)(H,22,24). The number of carbonyl (C=O) groups is 2. The second kappa shape index (κ2) is 7.67. The van der Waals surface area contributed by atoms with Crippen LogP contribution in [0.15, 0.2) is 52.4 Å². The Morgan fingerprint density at radius 2 is 1.90 bits per heavy atom. The van der Waals surface area contributed by atoms with Crippen molar-refractivity contribution >= 4 is 33.4 Å². The van der Waals surface area contributed by atoms with E-state index in [0.29, 0.717) is 11.3 Å². The summed E-state index contributed by atoms with van der Waals surface area (Å²) in [6, 6.07) is 12.1. The first kappa shape index (κ1) is 19.1. The predicted molar refractivity (Wildman–Crippen MR) is 106 cm³/mol. The SMILES string of the molecule is O=C(COC(=O)CN=C1NS(=O)(=O)c2ccccc21)Nc1ccc2c(c1)CCC2. The molecule has 8 nitrogen and oxygen atoms in total. The molecular formula is C20H19N3O5S. The van der Waals surface area contributed by atoms with Crippen LogP contribution in [-0.4, -0.2) is 39.3 Å². The molecule has 4 rings (SSSR count). The Morgan fingerprint density at radius 3 is 2.76 bits per heavy atom. The zero-order valence-corrected chi connectivity index (χ0v) is 16.3. The minimum absolute atomic E-state index is 0.0835. The smallest absolute Gasteiger partial charge is 0.328 e. The zero-order valence-electron chi connectivity index (χ0n) is 15.5. The number of nitrogens with zero attached hydrogens (tertiary/aromatic N) is 1. The van der Waals surface area contributed by atoms with E-state index in [1.807, 2.05) is 18.2 Å². The minimum Gasteiger partial charge on any atom is -0.454 e. The van der Waals surface area contributed by atoms with Gasteiger partial charge in [0, 0.05) is 11.3 Å². The normalized spacial score (nSPS) is 17.3. The van der Waals surface area contributed by atoms with Crippen molar-refractivity contribution in [1.82, 2.24) is 4.72 Å². The molecule has 2 aromatic carbocycles. The number of rotatable bonds is 5. The van der Waals surface area contributed by atoms with E-state index >= 15 is 0 Å². The van der Waals surface area contributed by atoms with E-state index in [9.17, 15) is 18.0 Å². The van der Waals surface area contributed by atoms with Crippen LogP contribution in [0.2, 0.25) is 0 Å². The average molecular weight is 413 g/mol. The Labute approximate surface area is 168 Å². The van der Waals surface area contributed by atoms with Crippen LogP contribution >= 0.6 is 0 Å². The monoisotopic (exact) mass is 413 g/mol. The third-order valence-corrected chi connectivity index (χ3v) is 6.17. The summed E-state index contributed by atoms with van der Waals surface area (Å²) in [6.45, 7) is -0.846. The number of aryl methyl sites for hydroxylation is 2. The van der Waals surface area contributed by atoms with Crippen molar-refractivity contribution in [2.24, 2.45) is 4.99 Å². The van der Waals surface area contributed by atoms with Gasteiger partial charge in [-0.25, -0.2) is 8.42 Å². The molecule has 29 heavy (non-hydrogen) atoms. The molecule has 1 heterocycles. The molecule has 0 atom stereocenters. The number of fused-ring (bicyclic) bond motifs is 2. The highest BCUT2D eigenvalue weighted by Gasteiger charge is 2.30. The lowest BCUT2D eigenvalue weighted by Crippen LogP contribution is -2.25. The van der Waals surface area contributed by atoms with Crippen molar-refractivity contribution < 1.29 is 22.7 Å². The number of ether oxygens (including phenoxy) is 1. The summed E-state index contributed by atoms with van der Waals surface area (Å²) in [5.41, 5.74) is 3.60. The van der Waals surface area contributed by atoms with Crippen LogP contribution in [0, 0.1) is 0 Å². The van der Waals surface area contributed by atoms with E-state index < -0.39 is 35.1 Å². The van der Waals surface area contributed by atoms with Crippen LogP contribution in [0.5, 0.6) is 0 Å². The molecule has 0 radical (unpaired) electrons. The van der Waals surface area contributed by atoms with Gasteiger partial charge in [-0.05, 0) is 54.7 Å². The lowest BCUT2D eigenvalue weighted by atomic mass is 10.1. The maximum Gasteiger partial charge on any atom is 0.328 e. The third-order valence-electron chi connectivity index (χ3n) is 4.78. The molecule has 0 unspecified atom stereocenters. The fourth-order valence-electron chi connectivity index (χ4n) is 3.43. The summed E-state index contributed by atoms with van der Waals surface area (Å²) < 4.78 is 31.2. The molecule has 150 valence electrons. The van der Waals surface area contributed by atoms with Crippen LogP contribution in [-0.2, 0) is 37.2 Å². The van der Waals surface area contributed by atoms with Gasteiger partial charge in [0.2, 0.25) is 0 Å². The third kappa shape index (κ3) is 4.14. The maximum atomic E-state index is 12.0. The van der Waals surface area contributed by atoms with Gasteiger partial charge in [-0.15, -0.1) is 0 Å². The van der Waals surface area contributed by atoms with Gasteiger partial charge in [-0.2, -0.15) is 0 Å². The number of aliphatic imine (C=N–C) groups is 1. The van der Waals surface area contributed by atoms with Gasteiger partial charge in [0.25, 0.3) is 15.9 Å². The zero-order chi connectivity index (χ0) is 20.4. The molecule has 9 heteroatoms. The molecule has 0 aromatic heterocycles. The Bertz CT molecular complexity index is 1120. The Morgan fingerprint density at radius 1 is 1.10 bits per heavy atom. The first-order valence-electron chi connectivity index (χ1n) is 9.16. The minimum atomic E-state index is -3.66. The van der Waals surface area contributed by atoms with Gasteiger partial charge in [-0.3, -0.25) is 19.3 Å². The number of hydrogen-bond acceptors (Lipinski definition) is 6. The van der Waals surface area contributed by atoms with E-state index in [4.69, 9.17) is 4.74 Å². The molecule has 0 saturated carbocycles. The fraction of sp³-hybridized carbons (Fsp3) is 0.250. The fourth-order valence-corrected chi connectivity index (χ4v) is 4.68. The lowest BCUT2D eigenvalue weighted by Gasteiger charge is -2.08. The molecule has 2 aromatic rings. The first-order valence-corrected chi connectivity index (χ1v) is 10.6. The summed E-state index contributed by atoms with van der Waals surface area (Å²) in [7, 11) is -3.66. The Kier molecular flexibility index (Phi) is 5.06. The molecule has 0 saturated heterocycles. The van der Waals surface area contributed by atoms with Gasteiger partial charge in [0.15, 0.2) is 6.61 Å². The largest absolute Gasteiger partial charge is 0.454 e. The lowest BCUT2D eigenvalue weighted by molar-refractivity contribution is -0.145. The number of amides is 1. The maximum absolute atomic E-state index is 12.0. The van der Waals surface area contributed by atoms with Gasteiger partial charge in [-0.1, -0.05) is 18.2 Å². The number of carbonyl (C=O) groups excluding carboxylic acids is 2. The summed E-state index contributed by atoms with van der Waals surface area (Å²) in [5, 5.41) is 2.70. The van der Waals surface area contributed by atoms with Crippen LogP contribution in [0.1, 0.15) is 23.1 Å². The summed E-state index contributed by atoms with van der Waals surface area (Å²) in [4.78, 5) is 28.0. The highest BCUT2D eigenvalue weighted by molar-refractivity contribution is 7.90. The van der Waals surface area contributed by atoms with E-state index in [2.05, 4.69) is 15.0 Å². The molecule has 1 aliphatic heterocycles. The van der Waals surface area contributed by atoms with E-state index in [0.717, 1.165) is 19.3 Å². The number of esters is 1. The van der Waals surface area contributed by atoms with Crippen molar-refractivity contribution in [3.8, 4) is 0 Å². The van der Waals surface area contributed by atoms with Crippen LogP contribution in [0.25, 0.3) is 0 Å². The summed E-state index contributed by atoms with van der Waals surface area (Å²) in [5.74, 6) is -1.10. The molecule has 0 spiro atoms. The molecule has 2 N–H and O–H groups in total. The molecule has 1 aliphatic carbocycles. The number of anilines is 1. The molecule has 2 aliphatic rings. The van der Waals surface area contributed by atoms with Crippen LogP contribution < -0.4 is 10.0 Å². The highest BCUT2D eigenvalue weighted by Crippen LogP contribution is 2.25. The van der Waals surface area contributed by atoms with Gasteiger partial charge >= 0.3 is 5.97 Å². The second-order valence-electron chi connectivity index (χ2n) is 6.81. The first-order chi connectivity index (χ1) is 13.9. The van der Waals surface area contributed by atoms with Crippen molar-refractivity contribution in [2.45, 2.75) is 24.2 Å². The number of sulfonamides is 1. The van der Waals surface area contributed by atoms with Crippen molar-refractivity contribution in [3.05, 3.63) is 59.2 Å². The number of nitrogens with one attached hydrogen (secondary N) is 2.